The number of hydrogen-bond acceptors (Lipinski definition) is 2. The molecule has 1 saturated carbocycles. The van der Waals surface area contributed by atoms with Gasteiger partial charge in [0.1, 0.15) is 0 Å². The normalized spacial score (nSPS) is 18.9. The summed E-state index contributed by atoms with van der Waals surface area (Å²) in [6, 6.07) is 3.96. The maximum Gasteiger partial charge on any atom is 0.240 e. The molecule has 0 aromatic carbocycles. The molecule has 3 N–H and O–H groups in total. The summed E-state index contributed by atoms with van der Waals surface area (Å²) in [6.45, 7) is 1.45. The number of nitrogens with one attached hydrogen (secondary N) is 1. The third kappa shape index (κ3) is 3.09. The number of aromatic nitrogens is 1. The van der Waals surface area contributed by atoms with Crippen LogP contribution in [0.4, 0.5) is 0 Å². The first-order valence-corrected chi connectivity index (χ1v) is 6.39. The molecule has 2 rings (SSSR count). The molecule has 0 aliphatic heterocycles. The summed E-state index contributed by atoms with van der Waals surface area (Å²) in [5, 5.41) is 2.95. The molecule has 0 unspecified atom stereocenters. The molecule has 0 radical (unpaired) electrons. The van der Waals surface area contributed by atoms with Crippen molar-refractivity contribution >= 4 is 5.91 Å². The summed E-state index contributed by atoms with van der Waals surface area (Å²) < 4.78 is 2.05. The van der Waals surface area contributed by atoms with E-state index in [2.05, 4.69) is 5.32 Å². The fourth-order valence-corrected chi connectivity index (χ4v) is 2.40. The van der Waals surface area contributed by atoms with Gasteiger partial charge in [-0.3, -0.25) is 4.79 Å². The number of nitrogens with zero attached hydrogens (tertiary/aromatic N) is 1. The Morgan fingerprint density at radius 3 is 2.53 bits per heavy atom. The third-order valence-electron chi connectivity index (χ3n) is 3.52. The molecule has 0 saturated heterocycles. The Hall–Kier alpha value is -1.29. The minimum Gasteiger partial charge on any atom is -0.353 e. The highest BCUT2D eigenvalue weighted by Gasteiger charge is 2.34. The van der Waals surface area contributed by atoms with Crippen molar-refractivity contribution in [1.29, 1.82) is 0 Å². The van der Waals surface area contributed by atoms with Gasteiger partial charge < -0.3 is 15.6 Å². The van der Waals surface area contributed by atoms with Crippen LogP contribution in [0.3, 0.4) is 0 Å². The van der Waals surface area contributed by atoms with Crippen LogP contribution >= 0.6 is 0 Å². The first kappa shape index (κ1) is 12.2. The molecule has 0 bridgehead atoms. The lowest BCUT2D eigenvalue weighted by Crippen LogP contribution is -2.55. The molecule has 1 amide bonds. The Bertz CT molecular complexity index is 353. The molecule has 1 aromatic heterocycles. The molecule has 0 atom stereocenters. The zero-order valence-electron chi connectivity index (χ0n) is 10.2. The minimum absolute atomic E-state index is 0.0179. The van der Waals surface area contributed by atoms with Crippen LogP contribution in [0.25, 0.3) is 0 Å². The number of carbonyl (C=O) groups is 1. The maximum atomic E-state index is 12.0. The fraction of sp³-hybridized carbons (Fsp3) is 0.615. The Morgan fingerprint density at radius 1 is 1.24 bits per heavy atom. The molecule has 1 aliphatic rings. The SMILES string of the molecule is NC1(C(=O)NCCn2cccc2)CCCCC1. The highest BCUT2D eigenvalue weighted by atomic mass is 16.2. The van der Waals surface area contributed by atoms with E-state index in [1.54, 1.807) is 0 Å². The number of amides is 1. The Kier molecular flexibility index (Phi) is 3.84. The van der Waals surface area contributed by atoms with Crippen molar-refractivity contribution in [3.05, 3.63) is 24.5 Å². The van der Waals surface area contributed by atoms with E-state index < -0.39 is 5.54 Å². The molecular weight excluding hydrogens is 214 g/mol. The van der Waals surface area contributed by atoms with Gasteiger partial charge in [-0.25, -0.2) is 0 Å². The van der Waals surface area contributed by atoms with Crippen LogP contribution in [-0.4, -0.2) is 22.6 Å². The maximum absolute atomic E-state index is 12.0. The highest BCUT2D eigenvalue weighted by molar-refractivity contribution is 5.86. The van der Waals surface area contributed by atoms with E-state index in [9.17, 15) is 4.79 Å². The third-order valence-corrected chi connectivity index (χ3v) is 3.52. The van der Waals surface area contributed by atoms with E-state index in [-0.39, 0.29) is 5.91 Å². The number of nitrogens with two attached hydrogens (primary N) is 1. The molecule has 94 valence electrons. The average molecular weight is 235 g/mol. The van der Waals surface area contributed by atoms with Gasteiger partial charge >= 0.3 is 0 Å². The van der Waals surface area contributed by atoms with Gasteiger partial charge in [-0.2, -0.15) is 0 Å². The lowest BCUT2D eigenvalue weighted by molar-refractivity contribution is -0.127. The minimum atomic E-state index is -0.616. The van der Waals surface area contributed by atoms with Gasteiger partial charge in [0.2, 0.25) is 5.91 Å². The van der Waals surface area contributed by atoms with Crippen molar-refractivity contribution in [1.82, 2.24) is 9.88 Å². The zero-order chi connectivity index (χ0) is 12.1. The predicted molar refractivity (Wildman–Crippen MR) is 67.4 cm³/mol. The molecule has 1 aromatic rings. The van der Waals surface area contributed by atoms with E-state index in [1.807, 2.05) is 29.1 Å². The van der Waals surface area contributed by atoms with Gasteiger partial charge in [-0.05, 0) is 25.0 Å². The van der Waals surface area contributed by atoms with Crippen molar-refractivity contribution < 1.29 is 4.79 Å². The summed E-state index contributed by atoms with van der Waals surface area (Å²) in [4.78, 5) is 12.0. The summed E-state index contributed by atoms with van der Waals surface area (Å²) in [5.74, 6) is 0.0179. The zero-order valence-corrected chi connectivity index (χ0v) is 10.2. The molecular formula is C13H21N3O. The molecule has 17 heavy (non-hydrogen) atoms. The summed E-state index contributed by atoms with van der Waals surface area (Å²) in [5.41, 5.74) is 5.53. The van der Waals surface area contributed by atoms with Crippen LogP contribution < -0.4 is 11.1 Å². The van der Waals surface area contributed by atoms with Crippen LogP contribution in [0.1, 0.15) is 32.1 Å². The van der Waals surface area contributed by atoms with E-state index >= 15 is 0 Å². The first-order valence-electron chi connectivity index (χ1n) is 6.39. The van der Waals surface area contributed by atoms with Gasteiger partial charge in [0.05, 0.1) is 5.54 Å². The average Bonchev–Trinajstić information content (AvgIpc) is 2.83. The summed E-state index contributed by atoms with van der Waals surface area (Å²) >= 11 is 0. The Labute approximate surface area is 102 Å². The van der Waals surface area contributed by atoms with E-state index in [4.69, 9.17) is 5.73 Å². The van der Waals surface area contributed by atoms with Gasteiger partial charge in [0, 0.05) is 25.5 Å². The quantitative estimate of drug-likeness (QED) is 0.825. The molecule has 1 heterocycles. The number of rotatable bonds is 4. The largest absolute Gasteiger partial charge is 0.353 e. The standard InChI is InChI=1S/C13H21N3O/c14-13(6-2-1-3-7-13)12(17)15-8-11-16-9-4-5-10-16/h4-5,9-10H,1-3,6-8,11,14H2,(H,15,17). The van der Waals surface area contributed by atoms with E-state index in [1.165, 1.54) is 6.42 Å². The number of hydrogen-bond donors (Lipinski definition) is 2. The van der Waals surface area contributed by atoms with Crippen molar-refractivity contribution in [2.75, 3.05) is 6.54 Å². The first-order chi connectivity index (χ1) is 8.21. The lowest BCUT2D eigenvalue weighted by atomic mass is 9.82. The second kappa shape index (κ2) is 5.36. The van der Waals surface area contributed by atoms with Crippen LogP contribution in [-0.2, 0) is 11.3 Å². The van der Waals surface area contributed by atoms with Gasteiger partial charge in [0.25, 0.3) is 0 Å². The van der Waals surface area contributed by atoms with E-state index in [0.717, 1.165) is 32.2 Å². The van der Waals surface area contributed by atoms with E-state index in [0.29, 0.717) is 6.54 Å². The predicted octanol–water partition coefficient (Wildman–Crippen LogP) is 1.27. The van der Waals surface area contributed by atoms with Crippen molar-refractivity contribution in [2.45, 2.75) is 44.2 Å². The topological polar surface area (TPSA) is 60.1 Å². The van der Waals surface area contributed by atoms with Gasteiger partial charge in [0.15, 0.2) is 0 Å². The molecule has 4 heteroatoms. The van der Waals surface area contributed by atoms with Crippen LogP contribution in [0, 0.1) is 0 Å². The molecule has 4 nitrogen and oxygen atoms in total. The smallest absolute Gasteiger partial charge is 0.240 e. The van der Waals surface area contributed by atoms with Crippen molar-refractivity contribution in [3.8, 4) is 0 Å². The summed E-state index contributed by atoms with van der Waals surface area (Å²) in [6.07, 6.45) is 8.97. The highest BCUT2D eigenvalue weighted by Crippen LogP contribution is 2.25. The second-order valence-electron chi connectivity index (χ2n) is 4.89. The Balaban J connectivity index is 1.76. The number of carbonyl (C=O) groups excluding carboxylic acids is 1. The monoisotopic (exact) mass is 235 g/mol. The fourth-order valence-electron chi connectivity index (χ4n) is 2.40. The molecule has 0 spiro atoms. The lowest BCUT2D eigenvalue weighted by Gasteiger charge is -2.31. The molecule has 1 fully saturated rings. The van der Waals surface area contributed by atoms with Crippen molar-refractivity contribution in [3.63, 3.8) is 0 Å². The van der Waals surface area contributed by atoms with Crippen LogP contribution in [0.15, 0.2) is 24.5 Å². The van der Waals surface area contributed by atoms with Crippen LogP contribution in [0.5, 0.6) is 0 Å². The second-order valence-corrected chi connectivity index (χ2v) is 4.89. The van der Waals surface area contributed by atoms with Crippen LogP contribution in [0.2, 0.25) is 0 Å². The van der Waals surface area contributed by atoms with Crippen molar-refractivity contribution in [2.24, 2.45) is 5.73 Å². The van der Waals surface area contributed by atoms with Gasteiger partial charge in [-0.1, -0.05) is 19.3 Å². The van der Waals surface area contributed by atoms with Gasteiger partial charge in [-0.15, -0.1) is 0 Å². The molecule has 1 aliphatic carbocycles. The Morgan fingerprint density at radius 2 is 1.88 bits per heavy atom. The summed E-state index contributed by atoms with van der Waals surface area (Å²) in [7, 11) is 0.